The molecule has 0 spiro atoms. The van der Waals surface area contributed by atoms with Crippen LogP contribution in [0.3, 0.4) is 0 Å². The summed E-state index contributed by atoms with van der Waals surface area (Å²) in [5, 5.41) is 8.98. The minimum absolute atomic E-state index is 0.166. The van der Waals surface area contributed by atoms with Gasteiger partial charge in [-0.25, -0.2) is 0 Å². The monoisotopic (exact) mass is 265 g/mol. The minimum atomic E-state index is -0.884. The molecule has 0 saturated heterocycles. The molecule has 0 bridgehead atoms. The van der Waals surface area contributed by atoms with E-state index >= 15 is 0 Å². The quantitative estimate of drug-likeness (QED) is 0.886. The van der Waals surface area contributed by atoms with E-state index in [2.05, 4.69) is 0 Å². The van der Waals surface area contributed by atoms with E-state index in [1.807, 2.05) is 13.0 Å². The van der Waals surface area contributed by atoms with Crippen LogP contribution in [-0.2, 0) is 4.79 Å². The summed E-state index contributed by atoms with van der Waals surface area (Å²) in [6.07, 6.45) is 1.88. The zero-order chi connectivity index (χ0) is 14.2. The third-order valence-corrected chi connectivity index (χ3v) is 3.38. The number of carbonyl (C=O) groups is 2. The van der Waals surface area contributed by atoms with Crippen molar-refractivity contribution in [2.24, 2.45) is 5.92 Å². The van der Waals surface area contributed by atoms with Gasteiger partial charge in [-0.1, -0.05) is 6.92 Å². The van der Waals surface area contributed by atoms with Crippen molar-refractivity contribution in [3.8, 4) is 0 Å². The van der Waals surface area contributed by atoms with Crippen molar-refractivity contribution in [2.45, 2.75) is 39.7 Å². The molecule has 0 aliphatic heterocycles. The molecule has 0 unspecified atom stereocenters. The number of aliphatic carboxylic acids is 1. The second-order valence-electron chi connectivity index (χ2n) is 5.30. The maximum Gasteiger partial charge on any atom is 0.308 e. The molecule has 1 aromatic rings. The zero-order valence-electron chi connectivity index (χ0n) is 11.5. The van der Waals surface area contributed by atoms with E-state index in [-0.39, 0.29) is 18.5 Å². The predicted octanol–water partition coefficient (Wildman–Crippen LogP) is 2.22. The van der Waals surface area contributed by atoms with Crippen LogP contribution in [0.15, 0.2) is 10.5 Å². The van der Waals surface area contributed by atoms with Crippen LogP contribution < -0.4 is 0 Å². The zero-order valence-corrected chi connectivity index (χ0v) is 11.5. The Hall–Kier alpha value is -1.78. The fraction of sp³-hybridized carbons (Fsp3) is 0.571. The predicted molar refractivity (Wildman–Crippen MR) is 69.0 cm³/mol. The van der Waals surface area contributed by atoms with Gasteiger partial charge >= 0.3 is 5.97 Å². The van der Waals surface area contributed by atoms with Crippen molar-refractivity contribution in [3.05, 3.63) is 23.2 Å². The number of hydrogen-bond donors (Lipinski definition) is 1. The van der Waals surface area contributed by atoms with Crippen LogP contribution in [0.4, 0.5) is 0 Å². The molecule has 2 rings (SSSR count). The van der Waals surface area contributed by atoms with E-state index < -0.39 is 11.9 Å². The fourth-order valence-electron chi connectivity index (χ4n) is 2.14. The van der Waals surface area contributed by atoms with Crippen molar-refractivity contribution in [3.63, 3.8) is 0 Å². The van der Waals surface area contributed by atoms with Gasteiger partial charge < -0.3 is 14.4 Å². The number of carbonyl (C=O) groups excluding carboxylic acids is 1. The average molecular weight is 265 g/mol. The molecule has 5 nitrogen and oxygen atoms in total. The van der Waals surface area contributed by atoms with Gasteiger partial charge in [0.1, 0.15) is 5.76 Å². The summed E-state index contributed by atoms with van der Waals surface area (Å²) in [7, 11) is 0. The summed E-state index contributed by atoms with van der Waals surface area (Å²) in [4.78, 5) is 25.0. The summed E-state index contributed by atoms with van der Waals surface area (Å²) in [5.41, 5.74) is 0.802. The first-order chi connectivity index (χ1) is 8.90. The Morgan fingerprint density at radius 3 is 2.53 bits per heavy atom. The number of aryl methyl sites for hydroxylation is 2. The van der Waals surface area contributed by atoms with Crippen molar-refractivity contribution in [2.75, 3.05) is 6.54 Å². The van der Waals surface area contributed by atoms with Crippen molar-refractivity contribution in [1.29, 1.82) is 0 Å². The lowest BCUT2D eigenvalue weighted by Gasteiger charge is -2.23. The summed E-state index contributed by atoms with van der Waals surface area (Å²) in [6, 6.07) is 1.98. The Morgan fingerprint density at radius 1 is 1.47 bits per heavy atom. The van der Waals surface area contributed by atoms with E-state index in [1.165, 1.54) is 0 Å². The van der Waals surface area contributed by atoms with E-state index in [1.54, 1.807) is 18.7 Å². The molecule has 1 aliphatic rings. The highest BCUT2D eigenvalue weighted by molar-refractivity contribution is 5.93. The van der Waals surface area contributed by atoms with Gasteiger partial charge in [0.15, 0.2) is 5.76 Å². The van der Waals surface area contributed by atoms with Gasteiger partial charge in [-0.15, -0.1) is 0 Å². The molecule has 1 aliphatic carbocycles. The van der Waals surface area contributed by atoms with Gasteiger partial charge in [0.2, 0.25) is 0 Å². The van der Waals surface area contributed by atoms with Crippen LogP contribution in [0.2, 0.25) is 0 Å². The van der Waals surface area contributed by atoms with Crippen molar-refractivity contribution in [1.82, 2.24) is 4.90 Å². The number of nitrogens with zero attached hydrogens (tertiary/aromatic N) is 1. The molecular weight excluding hydrogens is 246 g/mol. The van der Waals surface area contributed by atoms with E-state index in [4.69, 9.17) is 9.52 Å². The smallest absolute Gasteiger partial charge is 0.308 e. The van der Waals surface area contributed by atoms with Gasteiger partial charge in [-0.05, 0) is 32.8 Å². The number of hydrogen-bond acceptors (Lipinski definition) is 3. The third kappa shape index (κ3) is 2.97. The average Bonchev–Trinajstić information content (AvgIpc) is 3.10. The number of furan rings is 1. The van der Waals surface area contributed by atoms with Gasteiger partial charge in [0, 0.05) is 18.2 Å². The molecule has 1 N–H and O–H groups in total. The lowest BCUT2D eigenvalue weighted by molar-refractivity contribution is -0.141. The number of carboxylic acids is 1. The first-order valence-electron chi connectivity index (χ1n) is 6.51. The van der Waals surface area contributed by atoms with Crippen molar-refractivity contribution < 1.29 is 19.1 Å². The Morgan fingerprint density at radius 2 is 2.11 bits per heavy atom. The highest BCUT2D eigenvalue weighted by atomic mass is 16.4. The second kappa shape index (κ2) is 5.07. The van der Waals surface area contributed by atoms with Crippen molar-refractivity contribution >= 4 is 11.9 Å². The molecule has 1 aromatic heterocycles. The van der Waals surface area contributed by atoms with Crippen LogP contribution in [0.1, 0.15) is 41.6 Å². The number of rotatable bonds is 5. The van der Waals surface area contributed by atoms with Gasteiger partial charge in [0.05, 0.1) is 5.92 Å². The first kappa shape index (κ1) is 13.6. The molecule has 1 fully saturated rings. The summed E-state index contributed by atoms with van der Waals surface area (Å²) in [5.74, 6) is -0.613. The molecule has 104 valence electrons. The van der Waals surface area contributed by atoms with Gasteiger partial charge in [-0.2, -0.15) is 0 Å². The third-order valence-electron chi connectivity index (χ3n) is 3.38. The van der Waals surface area contributed by atoms with E-state index in [9.17, 15) is 9.59 Å². The van der Waals surface area contributed by atoms with E-state index in [0.29, 0.717) is 11.5 Å². The highest BCUT2D eigenvalue weighted by Gasteiger charge is 2.36. The van der Waals surface area contributed by atoms with Crippen LogP contribution in [0.5, 0.6) is 0 Å². The maximum absolute atomic E-state index is 12.5. The molecule has 19 heavy (non-hydrogen) atoms. The highest BCUT2D eigenvalue weighted by Crippen LogP contribution is 2.30. The standard InChI is InChI=1S/C14H19NO4/c1-8-6-10(3)19-12(8)13(16)15(11-4-5-11)7-9(2)14(17)18/h6,9,11H,4-5,7H2,1-3H3,(H,17,18)/t9-/m0/s1. The number of amides is 1. The molecule has 0 aromatic carbocycles. The lowest BCUT2D eigenvalue weighted by atomic mass is 10.1. The lowest BCUT2D eigenvalue weighted by Crippen LogP contribution is -2.38. The molecule has 0 radical (unpaired) electrons. The topological polar surface area (TPSA) is 70.8 Å². The summed E-state index contributed by atoms with van der Waals surface area (Å²) < 4.78 is 5.44. The Labute approximate surface area is 112 Å². The van der Waals surface area contributed by atoms with Crippen LogP contribution in [0.25, 0.3) is 0 Å². The fourth-order valence-corrected chi connectivity index (χ4v) is 2.14. The summed E-state index contributed by atoms with van der Waals surface area (Å²) in [6.45, 7) is 5.48. The molecular formula is C14H19NO4. The largest absolute Gasteiger partial charge is 0.481 e. The van der Waals surface area contributed by atoms with Crippen LogP contribution >= 0.6 is 0 Å². The summed E-state index contributed by atoms with van der Waals surface area (Å²) >= 11 is 0. The molecule has 5 heteroatoms. The first-order valence-corrected chi connectivity index (χ1v) is 6.51. The van der Waals surface area contributed by atoms with Gasteiger partial charge in [0.25, 0.3) is 5.91 Å². The Balaban J connectivity index is 2.17. The molecule has 1 heterocycles. The molecule has 1 atom stereocenters. The van der Waals surface area contributed by atoms with E-state index in [0.717, 1.165) is 18.4 Å². The molecule has 1 saturated carbocycles. The van der Waals surface area contributed by atoms with Crippen LogP contribution in [0, 0.1) is 19.8 Å². The Kier molecular flexibility index (Phi) is 3.64. The SMILES string of the molecule is Cc1cc(C)c(C(=O)N(C[C@H](C)C(=O)O)C2CC2)o1. The normalized spacial score (nSPS) is 16.2. The van der Waals surface area contributed by atoms with Gasteiger partial charge in [-0.3, -0.25) is 9.59 Å². The molecule has 1 amide bonds. The maximum atomic E-state index is 12.5. The minimum Gasteiger partial charge on any atom is -0.481 e. The van der Waals surface area contributed by atoms with Crippen LogP contribution in [-0.4, -0.2) is 34.5 Å². The number of carboxylic acid groups (broad SMARTS) is 1. The second-order valence-corrected chi connectivity index (χ2v) is 5.30. The Bertz CT molecular complexity index is 502.